The summed E-state index contributed by atoms with van der Waals surface area (Å²) in [6, 6.07) is 19.6. The van der Waals surface area contributed by atoms with Gasteiger partial charge in [0.15, 0.2) is 0 Å². The summed E-state index contributed by atoms with van der Waals surface area (Å²) in [5, 5.41) is 2.19. The fourth-order valence-corrected chi connectivity index (χ4v) is 6.78. The van der Waals surface area contributed by atoms with Gasteiger partial charge in [-0.2, -0.15) is 0 Å². The lowest BCUT2D eigenvalue weighted by Gasteiger charge is -2.35. The Morgan fingerprint density at radius 3 is 2.63 bits per heavy atom. The number of nitrogens with zero attached hydrogens (tertiary/aromatic N) is 1. The molecule has 0 radical (unpaired) electrons. The Kier molecular flexibility index (Phi) is 5.18. The van der Waals surface area contributed by atoms with Gasteiger partial charge in [-0.1, -0.05) is 48.5 Å². The Morgan fingerprint density at radius 2 is 1.80 bits per heavy atom. The van der Waals surface area contributed by atoms with Gasteiger partial charge in [0.05, 0.1) is 14.6 Å². The standard InChI is InChI=1S/C26H30N2OS/c1-19-11-14-25(23-10-4-3-9-22(19)23)30(2,29)27-16-6-17-28-18-15-21-8-5-7-20-12-13-24(28)26(20)21/h3-5,7-11,14,24H,2,6,12-13,15-18H2,1H3,(H,27,29). The zero-order chi connectivity index (χ0) is 20.7. The second-order valence-corrected chi connectivity index (χ2v) is 10.8. The first-order chi connectivity index (χ1) is 14.5. The van der Waals surface area contributed by atoms with Crippen molar-refractivity contribution in [2.45, 2.75) is 43.5 Å². The summed E-state index contributed by atoms with van der Waals surface area (Å²) < 4.78 is 16.7. The van der Waals surface area contributed by atoms with Gasteiger partial charge in [0, 0.05) is 25.7 Å². The molecule has 1 aliphatic carbocycles. The molecule has 0 amide bonds. The summed E-state index contributed by atoms with van der Waals surface area (Å²) in [6.45, 7) is 4.97. The van der Waals surface area contributed by atoms with Crippen molar-refractivity contribution in [1.82, 2.24) is 9.62 Å². The molecular formula is C26H30N2OS. The molecule has 5 rings (SSSR count). The Balaban J connectivity index is 1.24. The van der Waals surface area contributed by atoms with Crippen LogP contribution in [0.2, 0.25) is 0 Å². The van der Waals surface area contributed by atoms with E-state index < -0.39 is 9.71 Å². The Bertz CT molecular complexity index is 1200. The van der Waals surface area contributed by atoms with Crippen molar-refractivity contribution in [2.75, 3.05) is 19.6 Å². The van der Waals surface area contributed by atoms with Crippen molar-refractivity contribution in [1.29, 1.82) is 0 Å². The minimum absolute atomic E-state index is 0.579. The second kappa shape index (κ2) is 7.84. The molecule has 2 unspecified atom stereocenters. The lowest BCUT2D eigenvalue weighted by Crippen LogP contribution is -2.36. The lowest BCUT2D eigenvalue weighted by atomic mass is 9.93. The average molecular weight is 419 g/mol. The van der Waals surface area contributed by atoms with Gasteiger partial charge < -0.3 is 0 Å². The molecule has 0 spiro atoms. The molecule has 0 aromatic heterocycles. The zero-order valence-electron chi connectivity index (χ0n) is 17.7. The molecule has 1 N–H and O–H groups in total. The normalized spacial score (nSPS) is 20.2. The van der Waals surface area contributed by atoms with Crippen LogP contribution in [0.1, 0.15) is 41.1 Å². The third-order valence-electron chi connectivity index (χ3n) is 6.83. The molecule has 1 heterocycles. The first kappa shape index (κ1) is 19.8. The van der Waals surface area contributed by atoms with Crippen LogP contribution >= 0.6 is 0 Å². The van der Waals surface area contributed by atoms with E-state index >= 15 is 0 Å². The van der Waals surface area contributed by atoms with Crippen LogP contribution in [0.3, 0.4) is 0 Å². The maximum Gasteiger partial charge on any atom is 0.0539 e. The molecule has 3 nitrogen and oxygen atoms in total. The molecular weight excluding hydrogens is 388 g/mol. The fraction of sp³-hybridized carbons (Fsp3) is 0.346. The molecule has 1 aliphatic heterocycles. The largest absolute Gasteiger partial charge is 0.296 e. The monoisotopic (exact) mass is 418 g/mol. The van der Waals surface area contributed by atoms with E-state index in [9.17, 15) is 4.21 Å². The number of benzene rings is 3. The molecule has 0 bridgehead atoms. The first-order valence-corrected chi connectivity index (χ1v) is 12.7. The highest BCUT2D eigenvalue weighted by Gasteiger charge is 2.32. The highest BCUT2D eigenvalue weighted by atomic mass is 32.2. The number of hydrogen-bond donors (Lipinski definition) is 1. The minimum atomic E-state index is -2.53. The van der Waals surface area contributed by atoms with E-state index in [-0.39, 0.29) is 0 Å². The summed E-state index contributed by atoms with van der Waals surface area (Å²) in [6.07, 6.45) is 4.57. The van der Waals surface area contributed by atoms with Gasteiger partial charge in [-0.3, -0.25) is 4.90 Å². The fourth-order valence-electron chi connectivity index (χ4n) is 5.33. The summed E-state index contributed by atoms with van der Waals surface area (Å²) >= 11 is 0. The van der Waals surface area contributed by atoms with Gasteiger partial charge in [0.25, 0.3) is 0 Å². The Hall–Kier alpha value is -2.14. The summed E-state index contributed by atoms with van der Waals surface area (Å²) in [5.74, 6) is 4.08. The van der Waals surface area contributed by atoms with E-state index in [2.05, 4.69) is 46.7 Å². The number of aryl methyl sites for hydroxylation is 2. The van der Waals surface area contributed by atoms with Crippen LogP contribution in [0.15, 0.2) is 59.5 Å². The Morgan fingerprint density at radius 1 is 1.03 bits per heavy atom. The van der Waals surface area contributed by atoms with Crippen LogP contribution < -0.4 is 4.72 Å². The van der Waals surface area contributed by atoms with Crippen LogP contribution in [-0.2, 0) is 22.5 Å². The second-order valence-electron chi connectivity index (χ2n) is 8.68. The van der Waals surface area contributed by atoms with Crippen LogP contribution in [0.25, 0.3) is 10.8 Å². The predicted molar refractivity (Wildman–Crippen MR) is 128 cm³/mol. The van der Waals surface area contributed by atoms with Crippen LogP contribution in [-0.4, -0.2) is 34.6 Å². The van der Waals surface area contributed by atoms with Gasteiger partial charge in [0.2, 0.25) is 0 Å². The van der Waals surface area contributed by atoms with E-state index in [0.29, 0.717) is 12.6 Å². The van der Waals surface area contributed by atoms with Crippen LogP contribution in [0.5, 0.6) is 0 Å². The van der Waals surface area contributed by atoms with Gasteiger partial charge in [0.1, 0.15) is 0 Å². The molecule has 3 aromatic rings. The van der Waals surface area contributed by atoms with Crippen LogP contribution in [0, 0.1) is 6.92 Å². The molecule has 4 heteroatoms. The molecule has 0 saturated heterocycles. The van der Waals surface area contributed by atoms with Crippen molar-refractivity contribution >= 4 is 26.4 Å². The average Bonchev–Trinajstić information content (AvgIpc) is 3.19. The molecule has 2 atom stereocenters. The van der Waals surface area contributed by atoms with Gasteiger partial charge in [-0.25, -0.2) is 8.93 Å². The summed E-state index contributed by atoms with van der Waals surface area (Å²) in [4.78, 5) is 3.45. The van der Waals surface area contributed by atoms with Crippen molar-refractivity contribution in [3.05, 3.63) is 76.9 Å². The number of nitrogens with one attached hydrogen (secondary N) is 1. The van der Waals surface area contributed by atoms with Crippen LogP contribution in [0.4, 0.5) is 0 Å². The predicted octanol–water partition coefficient (Wildman–Crippen LogP) is 4.66. The smallest absolute Gasteiger partial charge is 0.0539 e. The van der Waals surface area contributed by atoms with Crippen molar-refractivity contribution < 1.29 is 4.21 Å². The molecule has 3 aromatic carbocycles. The molecule has 156 valence electrons. The van der Waals surface area contributed by atoms with E-state index in [1.54, 1.807) is 16.7 Å². The van der Waals surface area contributed by atoms with E-state index in [1.165, 1.54) is 18.4 Å². The molecule has 0 fully saturated rings. The van der Waals surface area contributed by atoms with Crippen molar-refractivity contribution in [3.8, 4) is 0 Å². The highest BCUT2D eigenvalue weighted by molar-refractivity contribution is 7.98. The summed E-state index contributed by atoms with van der Waals surface area (Å²) in [7, 11) is -2.53. The minimum Gasteiger partial charge on any atom is -0.296 e. The van der Waals surface area contributed by atoms with Crippen molar-refractivity contribution in [3.63, 3.8) is 0 Å². The molecule has 30 heavy (non-hydrogen) atoms. The zero-order valence-corrected chi connectivity index (χ0v) is 18.5. The van der Waals surface area contributed by atoms with Crippen molar-refractivity contribution in [2.24, 2.45) is 0 Å². The number of fused-ring (bicyclic) bond motifs is 1. The Labute approximate surface area is 180 Å². The van der Waals surface area contributed by atoms with E-state index in [4.69, 9.17) is 0 Å². The molecule has 2 aliphatic rings. The molecule has 0 saturated carbocycles. The third-order valence-corrected chi connectivity index (χ3v) is 8.57. The van der Waals surface area contributed by atoms with Gasteiger partial charge in [-0.05, 0) is 77.6 Å². The number of hydrogen-bond acceptors (Lipinski definition) is 2. The van der Waals surface area contributed by atoms with E-state index in [1.807, 2.05) is 30.3 Å². The quantitative estimate of drug-likeness (QED) is 0.466. The van der Waals surface area contributed by atoms with Gasteiger partial charge >= 0.3 is 0 Å². The van der Waals surface area contributed by atoms with Gasteiger partial charge in [-0.15, -0.1) is 0 Å². The maximum absolute atomic E-state index is 13.4. The summed E-state index contributed by atoms with van der Waals surface area (Å²) in [5.41, 5.74) is 5.90. The first-order valence-electron chi connectivity index (χ1n) is 11.0. The van der Waals surface area contributed by atoms with E-state index in [0.717, 1.165) is 41.6 Å². The highest BCUT2D eigenvalue weighted by Crippen LogP contribution is 2.41. The topological polar surface area (TPSA) is 32.3 Å². The maximum atomic E-state index is 13.4. The number of rotatable bonds is 6. The SMILES string of the molecule is C=S(=O)(NCCCN1CCc2cccc3c2C1CC3)c1ccc(C)c2ccccc12. The third kappa shape index (κ3) is 3.47. The lowest BCUT2D eigenvalue weighted by molar-refractivity contribution is 0.184.